The maximum Gasteiger partial charge on any atom is 0.407 e. The zero-order valence-corrected chi connectivity index (χ0v) is 15.8. The summed E-state index contributed by atoms with van der Waals surface area (Å²) < 4.78 is 5.18. The number of carbonyl (C=O) groups is 1. The summed E-state index contributed by atoms with van der Waals surface area (Å²) in [6.45, 7) is 7.33. The van der Waals surface area contributed by atoms with Crippen LogP contribution in [0.3, 0.4) is 0 Å². The number of likely N-dealkylation sites (tertiary alicyclic amines) is 1. The third-order valence-corrected chi connectivity index (χ3v) is 4.35. The number of hydrogen-bond acceptors (Lipinski definition) is 3. The number of piperidine rings is 1. The molecule has 138 valence electrons. The number of amides is 1. The van der Waals surface area contributed by atoms with Crippen LogP contribution in [-0.4, -0.2) is 43.8 Å². The van der Waals surface area contributed by atoms with Gasteiger partial charge in [0, 0.05) is 6.54 Å². The van der Waals surface area contributed by atoms with Crippen molar-refractivity contribution in [3.63, 3.8) is 0 Å². The fraction of sp³-hybridized carbons (Fsp3) is 0.944. The van der Waals surface area contributed by atoms with Gasteiger partial charge in [0.05, 0.1) is 6.61 Å². The van der Waals surface area contributed by atoms with E-state index in [9.17, 15) is 4.79 Å². The molecule has 0 aromatic heterocycles. The lowest BCUT2D eigenvalue weighted by molar-refractivity contribution is 0.143. The van der Waals surface area contributed by atoms with Crippen molar-refractivity contribution < 1.29 is 9.53 Å². The molecule has 1 heterocycles. The SMILES string of the molecule is CCCCCCNC(=O)OCCCCCCN1CCCCC1.Cl. The Morgan fingerprint density at radius 3 is 2.39 bits per heavy atom. The average molecular weight is 349 g/mol. The van der Waals surface area contributed by atoms with Gasteiger partial charge < -0.3 is 15.0 Å². The molecule has 1 aliphatic heterocycles. The molecular weight excluding hydrogens is 312 g/mol. The van der Waals surface area contributed by atoms with E-state index < -0.39 is 0 Å². The minimum atomic E-state index is -0.246. The van der Waals surface area contributed by atoms with Crippen molar-refractivity contribution in [1.82, 2.24) is 10.2 Å². The Bertz CT molecular complexity index is 272. The molecule has 1 rings (SSSR count). The molecular formula is C18H37ClN2O2. The highest BCUT2D eigenvalue weighted by molar-refractivity contribution is 5.85. The van der Waals surface area contributed by atoms with Gasteiger partial charge >= 0.3 is 6.09 Å². The second-order valence-electron chi connectivity index (χ2n) is 6.44. The van der Waals surface area contributed by atoms with Gasteiger partial charge in [0.15, 0.2) is 0 Å². The number of hydrogen-bond donors (Lipinski definition) is 1. The Morgan fingerprint density at radius 2 is 1.65 bits per heavy atom. The Labute approximate surface area is 149 Å². The van der Waals surface area contributed by atoms with E-state index in [1.807, 2.05) is 0 Å². The van der Waals surface area contributed by atoms with Crippen molar-refractivity contribution >= 4 is 18.5 Å². The molecule has 0 saturated carbocycles. The highest BCUT2D eigenvalue weighted by atomic mass is 35.5. The summed E-state index contributed by atoms with van der Waals surface area (Å²) in [6.07, 6.45) is 13.3. The van der Waals surface area contributed by atoms with Gasteiger partial charge in [0.25, 0.3) is 0 Å². The lowest BCUT2D eigenvalue weighted by Gasteiger charge is -2.26. The van der Waals surface area contributed by atoms with Crippen molar-refractivity contribution in [2.75, 3.05) is 32.8 Å². The van der Waals surface area contributed by atoms with E-state index in [1.54, 1.807) is 0 Å². The van der Waals surface area contributed by atoms with Crippen LogP contribution in [0.15, 0.2) is 0 Å². The standard InChI is InChI=1S/C18H36N2O2.ClH/c1-2-3-4-8-13-19-18(21)22-17-12-6-5-9-14-20-15-10-7-11-16-20;/h2-17H2,1H3,(H,19,21);1H. The average Bonchev–Trinajstić information content (AvgIpc) is 2.55. The maximum atomic E-state index is 11.4. The number of rotatable bonds is 12. The quantitative estimate of drug-likeness (QED) is 0.517. The smallest absolute Gasteiger partial charge is 0.407 e. The minimum absolute atomic E-state index is 0. The van der Waals surface area contributed by atoms with E-state index >= 15 is 0 Å². The third-order valence-electron chi connectivity index (χ3n) is 4.35. The predicted octanol–water partition coefficient (Wildman–Crippen LogP) is 4.76. The van der Waals surface area contributed by atoms with E-state index in [1.165, 1.54) is 71.0 Å². The van der Waals surface area contributed by atoms with Gasteiger partial charge in [-0.15, -0.1) is 12.4 Å². The predicted molar refractivity (Wildman–Crippen MR) is 99.5 cm³/mol. The van der Waals surface area contributed by atoms with Gasteiger partial charge in [0.1, 0.15) is 0 Å². The molecule has 0 aromatic rings. The molecule has 0 aromatic carbocycles. The molecule has 0 aliphatic carbocycles. The largest absolute Gasteiger partial charge is 0.450 e. The van der Waals surface area contributed by atoms with Gasteiger partial charge in [-0.3, -0.25) is 0 Å². The summed E-state index contributed by atoms with van der Waals surface area (Å²) in [6, 6.07) is 0. The maximum absolute atomic E-state index is 11.4. The molecule has 23 heavy (non-hydrogen) atoms. The molecule has 1 amide bonds. The lowest BCUT2D eigenvalue weighted by atomic mass is 10.1. The summed E-state index contributed by atoms with van der Waals surface area (Å²) in [4.78, 5) is 14.0. The molecule has 1 saturated heterocycles. The molecule has 4 nitrogen and oxygen atoms in total. The molecule has 1 aliphatic rings. The number of carbonyl (C=O) groups excluding carboxylic acids is 1. The number of alkyl carbamates (subject to hydrolysis) is 1. The van der Waals surface area contributed by atoms with Crippen LogP contribution in [-0.2, 0) is 4.74 Å². The Kier molecular flexibility index (Phi) is 16.0. The fourth-order valence-electron chi connectivity index (χ4n) is 2.93. The first-order valence-corrected chi connectivity index (χ1v) is 9.46. The van der Waals surface area contributed by atoms with Crippen LogP contribution in [0.1, 0.15) is 77.6 Å². The normalized spacial score (nSPS) is 15.0. The molecule has 0 atom stereocenters. The first kappa shape index (κ1) is 22.5. The number of ether oxygens (including phenoxy) is 1. The first-order valence-electron chi connectivity index (χ1n) is 9.46. The van der Waals surface area contributed by atoms with Crippen LogP contribution in [0, 0.1) is 0 Å². The van der Waals surface area contributed by atoms with Crippen molar-refractivity contribution in [2.45, 2.75) is 77.6 Å². The van der Waals surface area contributed by atoms with Crippen LogP contribution in [0.2, 0.25) is 0 Å². The summed E-state index contributed by atoms with van der Waals surface area (Å²) in [5, 5.41) is 2.82. The van der Waals surface area contributed by atoms with Crippen molar-refractivity contribution in [1.29, 1.82) is 0 Å². The van der Waals surface area contributed by atoms with E-state index in [-0.39, 0.29) is 18.5 Å². The number of unbranched alkanes of at least 4 members (excludes halogenated alkanes) is 6. The van der Waals surface area contributed by atoms with Crippen molar-refractivity contribution in [3.05, 3.63) is 0 Å². The van der Waals surface area contributed by atoms with Gasteiger partial charge in [-0.2, -0.15) is 0 Å². The summed E-state index contributed by atoms with van der Waals surface area (Å²) in [7, 11) is 0. The van der Waals surface area contributed by atoms with Crippen LogP contribution < -0.4 is 5.32 Å². The van der Waals surface area contributed by atoms with E-state index in [4.69, 9.17) is 4.74 Å². The van der Waals surface area contributed by atoms with E-state index in [0.717, 1.165) is 25.8 Å². The van der Waals surface area contributed by atoms with E-state index in [2.05, 4.69) is 17.1 Å². The highest BCUT2D eigenvalue weighted by Crippen LogP contribution is 2.10. The monoisotopic (exact) mass is 348 g/mol. The molecule has 0 radical (unpaired) electrons. The minimum Gasteiger partial charge on any atom is -0.450 e. The molecule has 0 bridgehead atoms. The zero-order valence-electron chi connectivity index (χ0n) is 15.0. The second kappa shape index (κ2) is 16.4. The van der Waals surface area contributed by atoms with Crippen LogP contribution in [0.4, 0.5) is 4.79 Å². The first-order chi connectivity index (χ1) is 10.8. The van der Waals surface area contributed by atoms with Gasteiger partial charge in [0.2, 0.25) is 0 Å². The Morgan fingerprint density at radius 1 is 0.957 bits per heavy atom. The van der Waals surface area contributed by atoms with Gasteiger partial charge in [-0.1, -0.05) is 45.4 Å². The molecule has 1 fully saturated rings. The zero-order chi connectivity index (χ0) is 15.9. The Balaban J connectivity index is 0.00000484. The fourth-order valence-corrected chi connectivity index (χ4v) is 2.93. The van der Waals surface area contributed by atoms with Gasteiger partial charge in [-0.05, 0) is 51.7 Å². The van der Waals surface area contributed by atoms with Gasteiger partial charge in [-0.25, -0.2) is 4.79 Å². The third kappa shape index (κ3) is 13.6. The molecule has 5 heteroatoms. The lowest BCUT2D eigenvalue weighted by Crippen LogP contribution is -2.30. The van der Waals surface area contributed by atoms with Crippen molar-refractivity contribution in [2.24, 2.45) is 0 Å². The second-order valence-corrected chi connectivity index (χ2v) is 6.44. The summed E-state index contributed by atoms with van der Waals surface area (Å²) in [5.74, 6) is 0. The van der Waals surface area contributed by atoms with Crippen LogP contribution in [0.25, 0.3) is 0 Å². The Hall–Kier alpha value is -0.480. The summed E-state index contributed by atoms with van der Waals surface area (Å²) >= 11 is 0. The molecule has 1 N–H and O–H groups in total. The van der Waals surface area contributed by atoms with Crippen molar-refractivity contribution in [3.8, 4) is 0 Å². The van der Waals surface area contributed by atoms with Crippen LogP contribution >= 0.6 is 12.4 Å². The number of nitrogens with one attached hydrogen (secondary N) is 1. The highest BCUT2D eigenvalue weighted by Gasteiger charge is 2.08. The topological polar surface area (TPSA) is 41.6 Å². The molecule has 0 spiro atoms. The van der Waals surface area contributed by atoms with Crippen LogP contribution in [0.5, 0.6) is 0 Å². The number of halogens is 1. The summed E-state index contributed by atoms with van der Waals surface area (Å²) in [5.41, 5.74) is 0. The number of nitrogens with zero attached hydrogens (tertiary/aromatic N) is 1. The molecule has 0 unspecified atom stereocenters. The van der Waals surface area contributed by atoms with E-state index in [0.29, 0.717) is 6.61 Å².